The largest absolute Gasteiger partial charge is 0.549 e. The molecular weight excluding hydrogens is 164 g/mol. The van der Waals surface area contributed by atoms with Crippen LogP contribution >= 0.6 is 0 Å². The van der Waals surface area contributed by atoms with Crippen molar-refractivity contribution in [3.63, 3.8) is 0 Å². The molecule has 1 aromatic rings. The average Bonchev–Trinajstić information content (AvgIpc) is 2.17. The van der Waals surface area contributed by atoms with Gasteiger partial charge in [-0.2, -0.15) is 0 Å². The second kappa shape index (κ2) is 3.21. The lowest BCUT2D eigenvalue weighted by atomic mass is 9.83. The molecular formula is C11H11O2-. The molecule has 0 saturated carbocycles. The average molecular weight is 175 g/mol. The smallest absolute Gasteiger partial charge is 0.0489 e. The molecule has 0 unspecified atom stereocenters. The van der Waals surface area contributed by atoms with Gasteiger partial charge in [-0.3, -0.25) is 0 Å². The first-order valence-corrected chi connectivity index (χ1v) is 4.57. The highest BCUT2D eigenvalue weighted by Gasteiger charge is 2.19. The fraction of sp³-hybridized carbons (Fsp3) is 0.364. The Morgan fingerprint density at radius 1 is 1.38 bits per heavy atom. The maximum atomic E-state index is 10.8. The maximum absolute atomic E-state index is 10.8. The minimum Gasteiger partial charge on any atom is -0.549 e. The number of carboxylic acids is 1. The topological polar surface area (TPSA) is 40.1 Å². The van der Waals surface area contributed by atoms with Crippen LogP contribution in [0.4, 0.5) is 0 Å². The lowest BCUT2D eigenvalue weighted by Gasteiger charge is -2.25. The van der Waals surface area contributed by atoms with Gasteiger partial charge in [-0.05, 0) is 30.4 Å². The molecule has 0 fully saturated rings. The molecule has 2 heteroatoms. The zero-order valence-corrected chi connectivity index (χ0v) is 7.32. The summed E-state index contributed by atoms with van der Waals surface area (Å²) in [5, 5.41) is 10.8. The summed E-state index contributed by atoms with van der Waals surface area (Å²) in [5.74, 6) is -1.32. The summed E-state index contributed by atoms with van der Waals surface area (Å²) < 4.78 is 0. The van der Waals surface area contributed by atoms with Crippen LogP contribution in [0.25, 0.3) is 0 Å². The van der Waals surface area contributed by atoms with Crippen molar-refractivity contribution < 1.29 is 9.90 Å². The molecule has 1 aromatic carbocycles. The number of fused-ring (bicyclic) bond motifs is 1. The van der Waals surface area contributed by atoms with E-state index in [-0.39, 0.29) is 5.92 Å². The quantitative estimate of drug-likeness (QED) is 0.635. The number of benzene rings is 1. The molecule has 1 aliphatic rings. The van der Waals surface area contributed by atoms with E-state index in [2.05, 4.69) is 0 Å². The predicted octanol–water partition coefficient (Wildman–Crippen LogP) is 0.856. The molecule has 1 aliphatic carbocycles. The molecule has 0 spiro atoms. The normalized spacial score (nSPS) is 20.8. The summed E-state index contributed by atoms with van der Waals surface area (Å²) in [6.45, 7) is 0. The van der Waals surface area contributed by atoms with Crippen molar-refractivity contribution in [1.82, 2.24) is 0 Å². The maximum Gasteiger partial charge on any atom is 0.0489 e. The zero-order chi connectivity index (χ0) is 9.26. The lowest BCUT2D eigenvalue weighted by molar-refractivity contribution is -0.308. The van der Waals surface area contributed by atoms with Crippen LogP contribution in [0.5, 0.6) is 0 Å². The minimum atomic E-state index is -0.938. The van der Waals surface area contributed by atoms with Crippen LogP contribution in [0.1, 0.15) is 29.9 Å². The first-order chi connectivity index (χ1) is 6.29. The van der Waals surface area contributed by atoms with Gasteiger partial charge >= 0.3 is 0 Å². The van der Waals surface area contributed by atoms with Gasteiger partial charge in [0.2, 0.25) is 0 Å². The van der Waals surface area contributed by atoms with E-state index in [1.54, 1.807) is 0 Å². The highest BCUT2D eigenvalue weighted by molar-refractivity contribution is 5.75. The molecule has 0 heterocycles. The molecule has 0 bridgehead atoms. The van der Waals surface area contributed by atoms with Crippen molar-refractivity contribution in [2.24, 2.45) is 0 Å². The van der Waals surface area contributed by atoms with Crippen molar-refractivity contribution >= 4 is 5.97 Å². The molecule has 2 nitrogen and oxygen atoms in total. The molecule has 0 amide bonds. The van der Waals surface area contributed by atoms with Gasteiger partial charge in [-0.25, -0.2) is 0 Å². The van der Waals surface area contributed by atoms with Gasteiger partial charge in [-0.1, -0.05) is 24.3 Å². The Kier molecular flexibility index (Phi) is 2.05. The number of aryl methyl sites for hydroxylation is 1. The van der Waals surface area contributed by atoms with E-state index in [1.807, 2.05) is 24.3 Å². The first-order valence-electron chi connectivity index (χ1n) is 4.57. The van der Waals surface area contributed by atoms with Gasteiger partial charge in [0.25, 0.3) is 0 Å². The fourth-order valence-corrected chi connectivity index (χ4v) is 2.00. The Bertz CT molecular complexity index is 331. The van der Waals surface area contributed by atoms with Gasteiger partial charge < -0.3 is 9.90 Å². The van der Waals surface area contributed by atoms with E-state index in [9.17, 15) is 9.90 Å². The molecule has 0 N–H and O–H groups in total. The molecule has 0 aromatic heterocycles. The van der Waals surface area contributed by atoms with E-state index >= 15 is 0 Å². The first kappa shape index (κ1) is 8.30. The van der Waals surface area contributed by atoms with Crippen molar-refractivity contribution in [1.29, 1.82) is 0 Å². The van der Waals surface area contributed by atoms with Crippen LogP contribution in [-0.2, 0) is 11.2 Å². The SMILES string of the molecule is O=C([O-])[C@@H]1CCCc2ccccc21. The fourth-order valence-electron chi connectivity index (χ4n) is 2.00. The van der Waals surface area contributed by atoms with Crippen LogP contribution in [0.3, 0.4) is 0 Å². The number of aliphatic carboxylic acids is 1. The van der Waals surface area contributed by atoms with Gasteiger partial charge in [0.1, 0.15) is 0 Å². The lowest BCUT2D eigenvalue weighted by Crippen LogP contribution is -2.31. The standard InChI is InChI=1S/C11H12O2/c12-11(13)10-7-3-5-8-4-1-2-6-9(8)10/h1-2,4,6,10H,3,5,7H2,(H,12,13)/p-1/t10-/m1/s1. The summed E-state index contributed by atoms with van der Waals surface area (Å²) >= 11 is 0. The number of rotatable bonds is 1. The Labute approximate surface area is 77.2 Å². The number of carboxylic acid groups (broad SMARTS) is 1. The second-order valence-corrected chi connectivity index (χ2v) is 3.46. The Hall–Kier alpha value is -1.31. The Morgan fingerprint density at radius 3 is 2.92 bits per heavy atom. The number of hydrogen-bond donors (Lipinski definition) is 0. The highest BCUT2D eigenvalue weighted by atomic mass is 16.4. The number of hydrogen-bond acceptors (Lipinski definition) is 2. The van der Waals surface area contributed by atoms with Crippen molar-refractivity contribution in [2.45, 2.75) is 25.2 Å². The molecule has 0 saturated heterocycles. The second-order valence-electron chi connectivity index (χ2n) is 3.46. The Morgan fingerprint density at radius 2 is 2.15 bits per heavy atom. The van der Waals surface area contributed by atoms with E-state index in [1.165, 1.54) is 5.56 Å². The van der Waals surface area contributed by atoms with Crippen LogP contribution < -0.4 is 5.11 Å². The molecule has 1 atom stereocenters. The van der Waals surface area contributed by atoms with Gasteiger partial charge in [-0.15, -0.1) is 0 Å². The van der Waals surface area contributed by atoms with Crippen LogP contribution in [0, 0.1) is 0 Å². The highest BCUT2D eigenvalue weighted by Crippen LogP contribution is 2.30. The van der Waals surface area contributed by atoms with Gasteiger partial charge in [0.05, 0.1) is 0 Å². The van der Waals surface area contributed by atoms with Crippen LogP contribution in [0.15, 0.2) is 24.3 Å². The van der Waals surface area contributed by atoms with E-state index in [4.69, 9.17) is 0 Å². The number of carbonyl (C=O) groups is 1. The minimum absolute atomic E-state index is 0.384. The van der Waals surface area contributed by atoms with E-state index < -0.39 is 5.97 Å². The molecule has 0 aliphatic heterocycles. The van der Waals surface area contributed by atoms with E-state index in [0.717, 1.165) is 24.8 Å². The summed E-state index contributed by atoms with van der Waals surface area (Å²) in [6.07, 6.45) is 2.68. The third kappa shape index (κ3) is 1.44. The summed E-state index contributed by atoms with van der Waals surface area (Å²) in [4.78, 5) is 10.8. The summed E-state index contributed by atoms with van der Waals surface area (Å²) in [5.41, 5.74) is 2.12. The van der Waals surface area contributed by atoms with Crippen molar-refractivity contribution in [2.75, 3.05) is 0 Å². The van der Waals surface area contributed by atoms with Gasteiger partial charge in [0, 0.05) is 11.9 Å². The molecule has 0 radical (unpaired) electrons. The molecule has 2 rings (SSSR count). The number of carbonyl (C=O) groups excluding carboxylic acids is 1. The third-order valence-electron chi connectivity index (χ3n) is 2.65. The van der Waals surface area contributed by atoms with Gasteiger partial charge in [0.15, 0.2) is 0 Å². The Balaban J connectivity index is 2.42. The van der Waals surface area contributed by atoms with E-state index in [0.29, 0.717) is 0 Å². The van der Waals surface area contributed by atoms with Crippen LogP contribution in [-0.4, -0.2) is 5.97 Å². The predicted molar refractivity (Wildman–Crippen MR) is 47.1 cm³/mol. The molecule has 13 heavy (non-hydrogen) atoms. The summed E-state index contributed by atoms with van der Waals surface area (Å²) in [6, 6.07) is 7.75. The van der Waals surface area contributed by atoms with Crippen LogP contribution in [0.2, 0.25) is 0 Å². The third-order valence-corrected chi connectivity index (χ3v) is 2.65. The molecule has 68 valence electrons. The summed E-state index contributed by atoms with van der Waals surface area (Å²) in [7, 11) is 0. The monoisotopic (exact) mass is 175 g/mol. The zero-order valence-electron chi connectivity index (χ0n) is 7.32. The van der Waals surface area contributed by atoms with Crippen molar-refractivity contribution in [3.05, 3.63) is 35.4 Å². The van der Waals surface area contributed by atoms with Crippen molar-refractivity contribution in [3.8, 4) is 0 Å².